The molecule has 0 fully saturated rings. The summed E-state index contributed by atoms with van der Waals surface area (Å²) in [7, 11) is -2.62. The Bertz CT molecular complexity index is 1060. The summed E-state index contributed by atoms with van der Waals surface area (Å²) in [5.41, 5.74) is 1.62. The SMILES string of the molecule is CCOc1cc2c(cc1OCC)[C@@H](CC(=O)OC)N(S(=O)(=O)c1cccc(Cl)c1)CC2. The molecule has 0 radical (unpaired) electrons. The number of benzene rings is 2. The van der Waals surface area contributed by atoms with Crippen molar-refractivity contribution < 1.29 is 27.4 Å². The number of halogens is 1. The summed E-state index contributed by atoms with van der Waals surface area (Å²) in [6.07, 6.45) is 0.349. The molecule has 0 N–H and O–H groups in total. The monoisotopic (exact) mass is 467 g/mol. The Morgan fingerprint density at radius 3 is 2.42 bits per heavy atom. The number of esters is 1. The van der Waals surface area contributed by atoms with Crippen LogP contribution in [0.3, 0.4) is 0 Å². The average molecular weight is 468 g/mol. The minimum atomic E-state index is -3.91. The molecule has 168 valence electrons. The van der Waals surface area contributed by atoms with Crippen LogP contribution in [0.1, 0.15) is 37.4 Å². The highest BCUT2D eigenvalue weighted by molar-refractivity contribution is 7.89. The van der Waals surface area contributed by atoms with Crippen molar-refractivity contribution in [2.75, 3.05) is 26.9 Å². The van der Waals surface area contributed by atoms with E-state index in [0.29, 0.717) is 41.7 Å². The van der Waals surface area contributed by atoms with Crippen molar-refractivity contribution in [2.45, 2.75) is 37.6 Å². The average Bonchev–Trinajstić information content (AvgIpc) is 2.74. The van der Waals surface area contributed by atoms with E-state index < -0.39 is 22.0 Å². The van der Waals surface area contributed by atoms with Crippen molar-refractivity contribution in [3.63, 3.8) is 0 Å². The molecule has 0 amide bonds. The maximum Gasteiger partial charge on any atom is 0.307 e. The second-order valence-corrected chi connectivity index (χ2v) is 9.31. The van der Waals surface area contributed by atoms with Gasteiger partial charge in [-0.05, 0) is 61.7 Å². The molecule has 2 aromatic rings. The first-order chi connectivity index (χ1) is 14.8. The Morgan fingerprint density at radius 2 is 1.81 bits per heavy atom. The van der Waals surface area contributed by atoms with E-state index in [1.165, 1.54) is 23.5 Å². The molecule has 0 saturated carbocycles. The molecule has 0 aliphatic carbocycles. The topological polar surface area (TPSA) is 82.1 Å². The number of ether oxygens (including phenoxy) is 3. The number of hydrogen-bond donors (Lipinski definition) is 0. The maximum atomic E-state index is 13.5. The molecule has 0 aromatic heterocycles. The third-order valence-electron chi connectivity index (χ3n) is 5.10. The van der Waals surface area contributed by atoms with Gasteiger partial charge in [-0.2, -0.15) is 4.31 Å². The fourth-order valence-electron chi connectivity index (χ4n) is 3.73. The molecule has 2 aromatic carbocycles. The predicted molar refractivity (Wildman–Crippen MR) is 117 cm³/mol. The van der Waals surface area contributed by atoms with E-state index >= 15 is 0 Å². The van der Waals surface area contributed by atoms with Crippen LogP contribution >= 0.6 is 11.6 Å². The van der Waals surface area contributed by atoms with Gasteiger partial charge in [0.1, 0.15) is 0 Å². The van der Waals surface area contributed by atoms with Gasteiger partial charge in [-0.3, -0.25) is 4.79 Å². The van der Waals surface area contributed by atoms with Crippen LogP contribution in [0.5, 0.6) is 11.5 Å². The molecular formula is C22H26ClNO6S. The number of rotatable bonds is 8. The second-order valence-electron chi connectivity index (χ2n) is 6.98. The minimum absolute atomic E-state index is 0.0780. The van der Waals surface area contributed by atoms with Crippen molar-refractivity contribution in [2.24, 2.45) is 0 Å². The molecule has 1 atom stereocenters. The third-order valence-corrected chi connectivity index (χ3v) is 7.24. The lowest BCUT2D eigenvalue weighted by Crippen LogP contribution is -2.41. The Labute approximate surface area is 187 Å². The zero-order valence-corrected chi connectivity index (χ0v) is 19.3. The summed E-state index contributed by atoms with van der Waals surface area (Å²) in [6.45, 7) is 4.85. The fourth-order valence-corrected chi connectivity index (χ4v) is 5.63. The highest BCUT2D eigenvalue weighted by atomic mass is 35.5. The van der Waals surface area contributed by atoms with Crippen LogP contribution < -0.4 is 9.47 Å². The van der Waals surface area contributed by atoms with E-state index in [0.717, 1.165) is 5.56 Å². The fraction of sp³-hybridized carbons (Fsp3) is 0.409. The van der Waals surface area contributed by atoms with Gasteiger partial charge >= 0.3 is 5.97 Å². The number of carbonyl (C=O) groups is 1. The Hall–Kier alpha value is -2.29. The lowest BCUT2D eigenvalue weighted by Gasteiger charge is -2.36. The highest BCUT2D eigenvalue weighted by Crippen LogP contribution is 2.42. The zero-order chi connectivity index (χ0) is 22.6. The maximum absolute atomic E-state index is 13.5. The van der Waals surface area contributed by atoms with E-state index in [4.69, 9.17) is 25.8 Å². The van der Waals surface area contributed by atoms with Crippen LogP contribution in [0.4, 0.5) is 0 Å². The van der Waals surface area contributed by atoms with Crippen LogP contribution in [0.25, 0.3) is 0 Å². The van der Waals surface area contributed by atoms with E-state index in [1.807, 2.05) is 19.9 Å². The van der Waals surface area contributed by atoms with Crippen LogP contribution in [0.15, 0.2) is 41.3 Å². The molecule has 1 heterocycles. The quantitative estimate of drug-likeness (QED) is 0.546. The zero-order valence-electron chi connectivity index (χ0n) is 17.8. The van der Waals surface area contributed by atoms with Gasteiger partial charge in [-0.25, -0.2) is 8.42 Å². The lowest BCUT2D eigenvalue weighted by atomic mass is 9.91. The van der Waals surface area contributed by atoms with E-state index in [9.17, 15) is 13.2 Å². The first kappa shape index (κ1) is 23.4. The molecule has 31 heavy (non-hydrogen) atoms. The molecule has 0 spiro atoms. The van der Waals surface area contributed by atoms with Gasteiger partial charge in [0, 0.05) is 11.6 Å². The molecule has 0 unspecified atom stereocenters. The molecule has 3 rings (SSSR count). The highest BCUT2D eigenvalue weighted by Gasteiger charge is 2.38. The van der Waals surface area contributed by atoms with Crippen molar-refractivity contribution >= 4 is 27.6 Å². The number of nitrogens with zero attached hydrogens (tertiary/aromatic N) is 1. The number of hydrogen-bond acceptors (Lipinski definition) is 6. The Balaban J connectivity index is 2.11. The van der Waals surface area contributed by atoms with E-state index in [-0.39, 0.29) is 17.9 Å². The van der Waals surface area contributed by atoms with Gasteiger partial charge in [0.05, 0.1) is 37.7 Å². The number of carbonyl (C=O) groups excluding carboxylic acids is 1. The van der Waals surface area contributed by atoms with Crippen molar-refractivity contribution in [3.8, 4) is 11.5 Å². The second kappa shape index (κ2) is 9.89. The largest absolute Gasteiger partial charge is 0.490 e. The van der Waals surface area contributed by atoms with Gasteiger partial charge in [-0.1, -0.05) is 17.7 Å². The van der Waals surface area contributed by atoms with Crippen molar-refractivity contribution in [3.05, 3.63) is 52.5 Å². The van der Waals surface area contributed by atoms with Gasteiger partial charge in [0.2, 0.25) is 10.0 Å². The van der Waals surface area contributed by atoms with Crippen molar-refractivity contribution in [1.82, 2.24) is 4.31 Å². The first-order valence-electron chi connectivity index (χ1n) is 10.1. The molecule has 1 aliphatic rings. The summed E-state index contributed by atoms with van der Waals surface area (Å²) in [5, 5.41) is 0.322. The van der Waals surface area contributed by atoms with Crippen molar-refractivity contribution in [1.29, 1.82) is 0 Å². The Morgan fingerprint density at radius 1 is 1.13 bits per heavy atom. The number of fused-ring (bicyclic) bond motifs is 1. The number of sulfonamides is 1. The predicted octanol–water partition coefficient (Wildman–Crippen LogP) is 3.99. The lowest BCUT2D eigenvalue weighted by molar-refractivity contribution is -0.141. The van der Waals surface area contributed by atoms with E-state index in [2.05, 4.69) is 0 Å². The normalized spacial score (nSPS) is 16.5. The summed E-state index contributed by atoms with van der Waals surface area (Å²) in [4.78, 5) is 12.3. The first-order valence-corrected chi connectivity index (χ1v) is 11.9. The molecule has 7 nitrogen and oxygen atoms in total. The molecule has 0 saturated heterocycles. The molecule has 9 heteroatoms. The molecule has 0 bridgehead atoms. The Kier molecular flexibility index (Phi) is 7.46. The molecular weight excluding hydrogens is 442 g/mol. The van der Waals surface area contributed by atoms with Crippen LogP contribution in [-0.4, -0.2) is 45.6 Å². The third kappa shape index (κ3) is 4.97. The number of methoxy groups -OCH3 is 1. The van der Waals surface area contributed by atoms with E-state index in [1.54, 1.807) is 18.2 Å². The van der Waals surface area contributed by atoms with Gasteiger partial charge in [0.25, 0.3) is 0 Å². The summed E-state index contributed by atoms with van der Waals surface area (Å²) in [5.74, 6) is 0.613. The summed E-state index contributed by atoms with van der Waals surface area (Å²) < 4.78 is 44.6. The smallest absolute Gasteiger partial charge is 0.307 e. The molecule has 1 aliphatic heterocycles. The van der Waals surface area contributed by atoms with Crippen LogP contribution in [0.2, 0.25) is 5.02 Å². The van der Waals surface area contributed by atoms with Crippen LogP contribution in [-0.2, 0) is 26.0 Å². The van der Waals surface area contributed by atoms with Gasteiger partial charge in [-0.15, -0.1) is 0 Å². The summed E-state index contributed by atoms with van der Waals surface area (Å²) >= 11 is 6.03. The summed E-state index contributed by atoms with van der Waals surface area (Å²) in [6, 6.07) is 9.01. The van der Waals surface area contributed by atoms with Gasteiger partial charge in [0.15, 0.2) is 11.5 Å². The van der Waals surface area contributed by atoms with Crippen LogP contribution in [0, 0.1) is 0 Å². The standard InChI is InChI=1S/C22H26ClNO6S/c1-4-29-20-11-15-9-10-24(31(26,27)17-8-6-7-16(23)12-17)19(14-22(25)28-3)18(15)13-21(20)30-5-2/h6-8,11-13,19H,4-5,9-10,14H2,1-3H3/t19-/m1/s1. The van der Waals surface area contributed by atoms with Gasteiger partial charge < -0.3 is 14.2 Å². The minimum Gasteiger partial charge on any atom is -0.490 e.